The van der Waals surface area contributed by atoms with Gasteiger partial charge >= 0.3 is 0 Å². The number of carbonyl (C=O) groups excluding carboxylic acids is 2. The molecule has 2 amide bonds. The first-order valence-electron chi connectivity index (χ1n) is 7.73. The van der Waals surface area contributed by atoms with Crippen LogP contribution in [-0.2, 0) is 23.1 Å². The maximum Gasteiger partial charge on any atom is 0.228 e. The highest BCUT2D eigenvalue weighted by atomic mass is 16.2. The number of aryl methyl sites for hydroxylation is 1. The van der Waals surface area contributed by atoms with Gasteiger partial charge in [-0.25, -0.2) is 0 Å². The molecule has 0 saturated carbocycles. The van der Waals surface area contributed by atoms with Crippen molar-refractivity contribution >= 4 is 34.1 Å². The van der Waals surface area contributed by atoms with Crippen LogP contribution in [0.25, 0.3) is 10.9 Å². The van der Waals surface area contributed by atoms with E-state index in [9.17, 15) is 9.59 Å². The average molecular weight is 321 g/mol. The fraction of sp³-hybridized carbons (Fsp3) is 0.158. The highest BCUT2D eigenvalue weighted by molar-refractivity contribution is 5.97. The number of nitrogens with one attached hydrogen (secondary N) is 2. The van der Waals surface area contributed by atoms with Crippen molar-refractivity contribution in [3.8, 4) is 0 Å². The lowest BCUT2D eigenvalue weighted by Crippen LogP contribution is -2.14. The van der Waals surface area contributed by atoms with Gasteiger partial charge in [0.2, 0.25) is 11.8 Å². The zero-order chi connectivity index (χ0) is 17.1. The van der Waals surface area contributed by atoms with E-state index < -0.39 is 0 Å². The zero-order valence-electron chi connectivity index (χ0n) is 13.7. The van der Waals surface area contributed by atoms with Crippen LogP contribution >= 0.6 is 0 Å². The van der Waals surface area contributed by atoms with Gasteiger partial charge < -0.3 is 15.2 Å². The first-order valence-corrected chi connectivity index (χ1v) is 7.73. The van der Waals surface area contributed by atoms with E-state index in [1.807, 2.05) is 42.1 Å². The number of fused-ring (bicyclic) bond motifs is 1. The van der Waals surface area contributed by atoms with Crippen LogP contribution in [0.1, 0.15) is 12.5 Å². The number of anilines is 2. The summed E-state index contributed by atoms with van der Waals surface area (Å²) in [7, 11) is 1.97. The summed E-state index contributed by atoms with van der Waals surface area (Å²) in [6, 6.07) is 15.1. The lowest BCUT2D eigenvalue weighted by molar-refractivity contribution is -0.115. The summed E-state index contributed by atoms with van der Waals surface area (Å²) in [6.45, 7) is 1.45. The van der Waals surface area contributed by atoms with Crippen LogP contribution in [-0.4, -0.2) is 16.4 Å². The smallest absolute Gasteiger partial charge is 0.228 e. The molecule has 3 rings (SSSR count). The standard InChI is InChI=1S/C19H19N3O2/c1-13(23)20-15-6-5-7-16(11-15)21-19(24)10-14-12-22(2)18-9-4-3-8-17(14)18/h3-9,11-12H,10H2,1-2H3,(H,20,23)(H,21,24). The van der Waals surface area contributed by atoms with Crippen molar-refractivity contribution in [2.75, 3.05) is 10.6 Å². The third-order valence-electron chi connectivity index (χ3n) is 3.80. The fourth-order valence-corrected chi connectivity index (χ4v) is 2.82. The Balaban J connectivity index is 1.74. The molecule has 2 N–H and O–H groups in total. The normalized spacial score (nSPS) is 10.6. The minimum atomic E-state index is -0.144. The molecule has 0 aliphatic heterocycles. The molecule has 0 atom stereocenters. The van der Waals surface area contributed by atoms with Crippen molar-refractivity contribution in [1.82, 2.24) is 4.57 Å². The minimum Gasteiger partial charge on any atom is -0.350 e. The van der Waals surface area contributed by atoms with Crippen LogP contribution in [0.4, 0.5) is 11.4 Å². The summed E-state index contributed by atoms with van der Waals surface area (Å²) in [5, 5.41) is 6.67. The van der Waals surface area contributed by atoms with Gasteiger partial charge in [-0.1, -0.05) is 24.3 Å². The van der Waals surface area contributed by atoms with E-state index in [1.165, 1.54) is 6.92 Å². The van der Waals surface area contributed by atoms with Gasteiger partial charge in [0.25, 0.3) is 0 Å². The molecule has 0 bridgehead atoms. The van der Waals surface area contributed by atoms with Gasteiger partial charge in [-0.2, -0.15) is 0 Å². The number of hydrogen-bond donors (Lipinski definition) is 2. The largest absolute Gasteiger partial charge is 0.350 e. The molecular formula is C19H19N3O2. The highest BCUT2D eigenvalue weighted by Crippen LogP contribution is 2.21. The van der Waals surface area contributed by atoms with Gasteiger partial charge in [0.15, 0.2) is 0 Å². The van der Waals surface area contributed by atoms with E-state index in [-0.39, 0.29) is 11.8 Å². The molecule has 24 heavy (non-hydrogen) atoms. The summed E-state index contributed by atoms with van der Waals surface area (Å²) < 4.78 is 2.02. The Morgan fingerprint density at radius 3 is 2.46 bits per heavy atom. The number of carbonyl (C=O) groups is 2. The van der Waals surface area contributed by atoms with E-state index in [0.29, 0.717) is 17.8 Å². The first-order chi connectivity index (χ1) is 11.5. The fourth-order valence-electron chi connectivity index (χ4n) is 2.82. The molecule has 2 aromatic carbocycles. The molecule has 0 spiro atoms. The van der Waals surface area contributed by atoms with Crippen molar-refractivity contribution in [2.24, 2.45) is 7.05 Å². The summed E-state index contributed by atoms with van der Waals surface area (Å²) in [6.07, 6.45) is 2.28. The number of amides is 2. The lowest BCUT2D eigenvalue weighted by atomic mass is 10.1. The molecule has 5 nitrogen and oxygen atoms in total. The van der Waals surface area contributed by atoms with Gasteiger partial charge in [-0.05, 0) is 29.8 Å². The molecule has 0 saturated heterocycles. The monoisotopic (exact) mass is 321 g/mol. The molecule has 0 unspecified atom stereocenters. The van der Waals surface area contributed by atoms with E-state index in [4.69, 9.17) is 0 Å². The lowest BCUT2D eigenvalue weighted by Gasteiger charge is -2.07. The molecule has 5 heteroatoms. The topological polar surface area (TPSA) is 63.1 Å². The van der Waals surface area contributed by atoms with Crippen LogP contribution in [0.3, 0.4) is 0 Å². The Morgan fingerprint density at radius 2 is 1.71 bits per heavy atom. The highest BCUT2D eigenvalue weighted by Gasteiger charge is 2.11. The zero-order valence-corrected chi connectivity index (χ0v) is 13.7. The van der Waals surface area contributed by atoms with Crippen molar-refractivity contribution in [2.45, 2.75) is 13.3 Å². The van der Waals surface area contributed by atoms with Crippen molar-refractivity contribution < 1.29 is 9.59 Å². The predicted octanol–water partition coefficient (Wildman–Crippen LogP) is 3.32. The van der Waals surface area contributed by atoms with Crippen LogP contribution in [0.5, 0.6) is 0 Å². The maximum atomic E-state index is 12.4. The Bertz CT molecular complexity index is 912. The Kier molecular flexibility index (Phi) is 4.33. The second-order valence-electron chi connectivity index (χ2n) is 5.77. The minimum absolute atomic E-state index is 0.0914. The van der Waals surface area contributed by atoms with E-state index in [2.05, 4.69) is 10.6 Å². The third kappa shape index (κ3) is 3.46. The van der Waals surface area contributed by atoms with Crippen LogP contribution in [0, 0.1) is 0 Å². The van der Waals surface area contributed by atoms with Gasteiger partial charge in [-0.15, -0.1) is 0 Å². The van der Waals surface area contributed by atoms with Gasteiger partial charge in [-0.3, -0.25) is 9.59 Å². The Hall–Kier alpha value is -3.08. The maximum absolute atomic E-state index is 12.4. The van der Waals surface area contributed by atoms with Crippen molar-refractivity contribution in [3.05, 3.63) is 60.3 Å². The van der Waals surface area contributed by atoms with Crippen molar-refractivity contribution in [1.29, 1.82) is 0 Å². The average Bonchev–Trinajstić information content (AvgIpc) is 2.83. The summed E-state index contributed by atoms with van der Waals surface area (Å²) in [4.78, 5) is 23.5. The first kappa shape index (κ1) is 15.8. The number of benzene rings is 2. The summed E-state index contributed by atoms with van der Waals surface area (Å²) in [5.74, 6) is -0.236. The molecule has 0 radical (unpaired) electrons. The molecular weight excluding hydrogens is 302 g/mol. The Labute approximate surface area is 140 Å². The second kappa shape index (κ2) is 6.58. The number of aromatic nitrogens is 1. The van der Waals surface area contributed by atoms with Crippen LogP contribution in [0.2, 0.25) is 0 Å². The number of rotatable bonds is 4. The molecule has 0 fully saturated rings. The molecule has 0 aliphatic rings. The molecule has 0 aliphatic carbocycles. The summed E-state index contributed by atoms with van der Waals surface area (Å²) >= 11 is 0. The molecule has 3 aromatic rings. The quantitative estimate of drug-likeness (QED) is 0.774. The SMILES string of the molecule is CC(=O)Nc1cccc(NC(=O)Cc2cn(C)c3ccccc23)c1. The van der Waals surface area contributed by atoms with Crippen LogP contribution in [0.15, 0.2) is 54.7 Å². The van der Waals surface area contributed by atoms with Gasteiger partial charge in [0.1, 0.15) is 0 Å². The number of nitrogens with zero attached hydrogens (tertiary/aromatic N) is 1. The molecule has 122 valence electrons. The van der Waals surface area contributed by atoms with Gasteiger partial charge in [0, 0.05) is 42.4 Å². The Morgan fingerprint density at radius 1 is 1.00 bits per heavy atom. The van der Waals surface area contributed by atoms with E-state index >= 15 is 0 Å². The second-order valence-corrected chi connectivity index (χ2v) is 5.77. The van der Waals surface area contributed by atoms with Gasteiger partial charge in [0.05, 0.1) is 6.42 Å². The van der Waals surface area contributed by atoms with Crippen LogP contribution < -0.4 is 10.6 Å². The predicted molar refractivity (Wildman–Crippen MR) is 96.0 cm³/mol. The van der Waals surface area contributed by atoms with E-state index in [0.717, 1.165) is 16.5 Å². The van der Waals surface area contributed by atoms with Crippen molar-refractivity contribution in [3.63, 3.8) is 0 Å². The van der Waals surface area contributed by atoms with E-state index in [1.54, 1.807) is 24.3 Å². The molecule has 1 heterocycles. The number of para-hydroxylation sites is 1. The third-order valence-corrected chi connectivity index (χ3v) is 3.80. The molecule has 1 aromatic heterocycles. The summed E-state index contributed by atoms with van der Waals surface area (Å²) in [5.41, 5.74) is 3.41. The number of hydrogen-bond acceptors (Lipinski definition) is 2.